The molecule has 0 heterocycles. The van der Waals surface area contributed by atoms with Crippen molar-refractivity contribution in [2.75, 3.05) is 0 Å². The maximum absolute atomic E-state index is 2.42. The monoisotopic (exact) mass is 438 g/mol. The van der Waals surface area contributed by atoms with Crippen molar-refractivity contribution in [1.82, 2.24) is 0 Å². The zero-order valence-corrected chi connectivity index (χ0v) is 15.6. The quantitative estimate of drug-likeness (QED) is 0.572. The van der Waals surface area contributed by atoms with Crippen LogP contribution < -0.4 is 0 Å². The first-order chi connectivity index (χ1) is 9.90. The summed E-state index contributed by atoms with van der Waals surface area (Å²) in [5.41, 5.74) is 5.84. The molecule has 2 atom stereocenters. The average molecular weight is 437 g/mol. The summed E-state index contributed by atoms with van der Waals surface area (Å²) < 4.78 is 0. The zero-order valence-electron chi connectivity index (χ0n) is 12.0. The molecule has 2 unspecified atom stereocenters. The number of rotatable bonds is 3. The number of benzene rings is 1. The Kier molecular flexibility index (Phi) is 4.40. The van der Waals surface area contributed by atoms with Gasteiger partial charge in [-0.3, -0.25) is 0 Å². The molecule has 3 aliphatic rings. The van der Waals surface area contributed by atoms with Gasteiger partial charge in [-0.2, -0.15) is 0 Å². The molecule has 0 nitrogen and oxygen atoms in total. The minimum Gasteiger partial charge on any atom is -0.0764 e. The first kappa shape index (κ1) is 14.7. The van der Waals surface area contributed by atoms with E-state index in [0.29, 0.717) is 11.8 Å². The molecule has 0 spiro atoms. The normalized spacial score (nSPS) is 24.2. The van der Waals surface area contributed by atoms with Crippen LogP contribution in [0.25, 0.3) is 6.08 Å². The smallest absolute Gasteiger partial charge is 0.0207 e. The molecule has 3 aliphatic carbocycles. The van der Waals surface area contributed by atoms with Crippen LogP contribution >= 0.6 is 0 Å². The third-order valence-corrected chi connectivity index (χ3v) is 4.50. The number of hydrogen-bond acceptors (Lipinski definition) is 0. The first-order valence-corrected chi connectivity index (χ1v) is 7.44. The summed E-state index contributed by atoms with van der Waals surface area (Å²) in [7, 11) is 0. The van der Waals surface area contributed by atoms with Gasteiger partial charge in [0.05, 0.1) is 0 Å². The molecular weight excluding hydrogens is 419 g/mol. The van der Waals surface area contributed by atoms with Crippen LogP contribution in [0.4, 0.5) is 0 Å². The molecule has 21 heavy (non-hydrogen) atoms. The van der Waals surface area contributed by atoms with Gasteiger partial charge in [0.2, 0.25) is 0 Å². The summed E-state index contributed by atoms with van der Waals surface area (Å²) in [6, 6.07) is 8.76. The molecule has 0 aliphatic heterocycles. The molecule has 0 fully saturated rings. The van der Waals surface area contributed by atoms with Crippen molar-refractivity contribution in [3.63, 3.8) is 0 Å². The molecular formula is C20H18Hf. The number of allylic oxidation sites excluding steroid dienone is 9. The molecule has 102 valence electrons. The van der Waals surface area contributed by atoms with Gasteiger partial charge in [0.15, 0.2) is 0 Å². The van der Waals surface area contributed by atoms with Gasteiger partial charge in [-0.1, -0.05) is 78.4 Å². The van der Waals surface area contributed by atoms with Gasteiger partial charge in [0.25, 0.3) is 0 Å². The molecule has 0 N–H and O–H groups in total. The third-order valence-electron chi connectivity index (χ3n) is 4.50. The second-order valence-electron chi connectivity index (χ2n) is 5.79. The van der Waals surface area contributed by atoms with Gasteiger partial charge in [-0.05, 0) is 29.5 Å². The van der Waals surface area contributed by atoms with E-state index in [-0.39, 0.29) is 25.8 Å². The zero-order chi connectivity index (χ0) is 13.4. The van der Waals surface area contributed by atoms with E-state index in [0.717, 1.165) is 0 Å². The van der Waals surface area contributed by atoms with Gasteiger partial charge in [-0.25, -0.2) is 0 Å². The maximum atomic E-state index is 2.42. The van der Waals surface area contributed by atoms with Crippen LogP contribution in [-0.4, -0.2) is 0 Å². The Hall–Kier alpha value is -1.21. The van der Waals surface area contributed by atoms with Gasteiger partial charge in [0.1, 0.15) is 0 Å². The maximum Gasteiger partial charge on any atom is 0.0207 e. The molecule has 1 aromatic carbocycles. The van der Waals surface area contributed by atoms with Crippen molar-refractivity contribution in [3.05, 3.63) is 89.1 Å². The molecule has 0 radical (unpaired) electrons. The van der Waals surface area contributed by atoms with Crippen molar-refractivity contribution < 1.29 is 25.8 Å². The Labute approximate surface area is 145 Å². The van der Waals surface area contributed by atoms with Crippen molar-refractivity contribution in [2.45, 2.75) is 18.8 Å². The van der Waals surface area contributed by atoms with Crippen molar-refractivity contribution in [1.29, 1.82) is 0 Å². The van der Waals surface area contributed by atoms with Crippen molar-refractivity contribution >= 4 is 6.08 Å². The Balaban J connectivity index is 0.00000132. The van der Waals surface area contributed by atoms with E-state index in [1.807, 2.05) is 0 Å². The Morgan fingerprint density at radius 1 is 0.952 bits per heavy atom. The Morgan fingerprint density at radius 3 is 2.76 bits per heavy atom. The van der Waals surface area contributed by atoms with Crippen LogP contribution in [0.5, 0.6) is 0 Å². The summed E-state index contributed by atoms with van der Waals surface area (Å²) in [5.74, 6) is 1.13. The van der Waals surface area contributed by atoms with Gasteiger partial charge < -0.3 is 0 Å². The van der Waals surface area contributed by atoms with E-state index in [2.05, 4.69) is 72.9 Å². The van der Waals surface area contributed by atoms with E-state index in [4.69, 9.17) is 0 Å². The predicted molar refractivity (Wildman–Crippen MR) is 85.4 cm³/mol. The van der Waals surface area contributed by atoms with Crippen LogP contribution in [0.2, 0.25) is 0 Å². The molecule has 1 heteroatoms. The summed E-state index contributed by atoms with van der Waals surface area (Å²) in [6.45, 7) is 0. The van der Waals surface area contributed by atoms with Crippen LogP contribution in [0.15, 0.2) is 77.9 Å². The van der Waals surface area contributed by atoms with Crippen LogP contribution in [0.3, 0.4) is 0 Å². The standard InChI is InChI=1S/C20H18.Hf/c1-2-7-19-14-15(13-18(19)6-1)9-10-17-12-11-16-5-3-4-8-20(16)17;/h1-8,11-14,17-18H,9-10H2;. The molecule has 1 aromatic rings. The largest absolute Gasteiger partial charge is 0.0764 e. The topological polar surface area (TPSA) is 0 Å². The second kappa shape index (κ2) is 6.27. The van der Waals surface area contributed by atoms with Crippen molar-refractivity contribution in [3.8, 4) is 0 Å². The number of fused-ring (bicyclic) bond motifs is 2. The van der Waals surface area contributed by atoms with Crippen LogP contribution in [0.1, 0.15) is 29.9 Å². The second-order valence-corrected chi connectivity index (χ2v) is 5.79. The Morgan fingerprint density at radius 2 is 1.86 bits per heavy atom. The number of hydrogen-bond donors (Lipinski definition) is 0. The fraction of sp³-hybridized carbons (Fsp3) is 0.200. The third kappa shape index (κ3) is 2.89. The first-order valence-electron chi connectivity index (χ1n) is 7.44. The van der Waals surface area contributed by atoms with Crippen LogP contribution in [0, 0.1) is 5.92 Å². The molecule has 0 bridgehead atoms. The van der Waals surface area contributed by atoms with E-state index >= 15 is 0 Å². The van der Waals surface area contributed by atoms with Crippen molar-refractivity contribution in [2.24, 2.45) is 5.92 Å². The fourth-order valence-electron chi connectivity index (χ4n) is 3.41. The van der Waals surface area contributed by atoms with Gasteiger partial charge >= 0.3 is 0 Å². The average Bonchev–Trinajstić information content (AvgIpc) is 3.08. The Bertz CT molecular complexity index is 686. The summed E-state index contributed by atoms with van der Waals surface area (Å²) >= 11 is 0. The van der Waals surface area contributed by atoms with Crippen LogP contribution in [-0.2, 0) is 25.8 Å². The molecule has 0 saturated carbocycles. The molecule has 4 rings (SSSR count). The predicted octanol–water partition coefficient (Wildman–Crippen LogP) is 5.18. The summed E-state index contributed by atoms with van der Waals surface area (Å²) in [6.07, 6.45) is 20.6. The van der Waals surface area contributed by atoms with Gasteiger partial charge in [0, 0.05) is 37.7 Å². The van der Waals surface area contributed by atoms with E-state index < -0.39 is 0 Å². The summed E-state index contributed by atoms with van der Waals surface area (Å²) in [4.78, 5) is 0. The van der Waals surface area contributed by atoms with E-state index in [9.17, 15) is 0 Å². The van der Waals surface area contributed by atoms with Gasteiger partial charge in [-0.15, -0.1) is 0 Å². The fourth-order valence-corrected chi connectivity index (χ4v) is 3.41. The molecule has 0 saturated heterocycles. The SMILES string of the molecule is C1=CC2=CC(CCC3C=Cc4ccccc43)=CC2C=C1.[Hf]. The minimum absolute atomic E-state index is 0. The van der Waals surface area contributed by atoms with E-state index in [1.165, 1.54) is 35.1 Å². The molecule has 0 amide bonds. The van der Waals surface area contributed by atoms with E-state index in [1.54, 1.807) is 0 Å². The molecule has 0 aromatic heterocycles. The summed E-state index contributed by atoms with van der Waals surface area (Å²) in [5, 5.41) is 0. The minimum atomic E-state index is 0.